The van der Waals surface area contributed by atoms with Crippen molar-refractivity contribution >= 4 is 10.0 Å². The van der Waals surface area contributed by atoms with Crippen LogP contribution in [0.1, 0.15) is 5.69 Å². The highest BCUT2D eigenvalue weighted by Crippen LogP contribution is 2.34. The second-order valence-corrected chi connectivity index (χ2v) is 8.11. The maximum atomic E-state index is 14.1. The van der Waals surface area contributed by atoms with Gasteiger partial charge in [-0.15, -0.1) is 0 Å². The molecule has 146 valence electrons. The molecule has 3 rings (SSSR count). The van der Waals surface area contributed by atoms with Crippen LogP contribution in [0.15, 0.2) is 65.7 Å². The number of rotatable bonds is 6. The number of aromatic nitrogens is 1. The number of methoxy groups -OCH3 is 1. The minimum Gasteiger partial charge on any atom is -0.496 e. The van der Waals surface area contributed by atoms with Crippen LogP contribution in [0.3, 0.4) is 0 Å². The average Bonchev–Trinajstić information content (AvgIpc) is 2.68. The molecule has 0 amide bonds. The van der Waals surface area contributed by atoms with Crippen molar-refractivity contribution in [3.63, 3.8) is 0 Å². The van der Waals surface area contributed by atoms with Gasteiger partial charge >= 0.3 is 0 Å². The zero-order valence-electron chi connectivity index (χ0n) is 15.3. The standard InChI is InChI=1S/C20H18F2N2O3S/c1-24(13-15-5-3-4-10-23-15)28(25,26)16-7-9-18(20(12-16)27-2)17-8-6-14(21)11-19(17)22/h3-12H,13H2,1-2H3. The Hall–Kier alpha value is -2.84. The SMILES string of the molecule is COc1cc(S(=O)(=O)N(C)Cc2ccccn2)ccc1-c1ccc(F)cc1F. The molecule has 2 aromatic carbocycles. The molecular weight excluding hydrogens is 386 g/mol. The van der Waals surface area contributed by atoms with Crippen LogP contribution in [0.5, 0.6) is 5.75 Å². The fourth-order valence-electron chi connectivity index (χ4n) is 2.75. The summed E-state index contributed by atoms with van der Waals surface area (Å²) in [7, 11) is -1.02. The monoisotopic (exact) mass is 404 g/mol. The third-order valence-corrected chi connectivity index (χ3v) is 6.01. The van der Waals surface area contributed by atoms with Gasteiger partial charge in [-0.1, -0.05) is 6.07 Å². The van der Waals surface area contributed by atoms with Crippen molar-refractivity contribution in [2.45, 2.75) is 11.4 Å². The minimum atomic E-state index is -3.83. The Morgan fingerprint density at radius 3 is 2.43 bits per heavy atom. The lowest BCUT2D eigenvalue weighted by Gasteiger charge is -2.18. The second-order valence-electron chi connectivity index (χ2n) is 6.07. The van der Waals surface area contributed by atoms with E-state index in [-0.39, 0.29) is 22.8 Å². The van der Waals surface area contributed by atoms with Crippen molar-refractivity contribution in [1.82, 2.24) is 9.29 Å². The molecule has 0 unspecified atom stereocenters. The lowest BCUT2D eigenvalue weighted by molar-refractivity contribution is 0.414. The van der Waals surface area contributed by atoms with Crippen molar-refractivity contribution in [2.24, 2.45) is 0 Å². The van der Waals surface area contributed by atoms with Crippen LogP contribution in [0.4, 0.5) is 8.78 Å². The molecule has 0 saturated heterocycles. The molecule has 0 N–H and O–H groups in total. The van der Waals surface area contributed by atoms with Crippen molar-refractivity contribution in [3.8, 4) is 16.9 Å². The van der Waals surface area contributed by atoms with E-state index in [1.165, 1.54) is 42.7 Å². The van der Waals surface area contributed by atoms with Gasteiger partial charge in [-0.2, -0.15) is 4.31 Å². The van der Waals surface area contributed by atoms with Crippen LogP contribution < -0.4 is 4.74 Å². The van der Waals surface area contributed by atoms with Crippen molar-refractivity contribution in [3.05, 3.63) is 78.1 Å². The molecule has 0 atom stereocenters. The topological polar surface area (TPSA) is 59.5 Å². The van der Waals surface area contributed by atoms with Gasteiger partial charge in [0, 0.05) is 36.5 Å². The van der Waals surface area contributed by atoms with Gasteiger partial charge in [-0.25, -0.2) is 17.2 Å². The van der Waals surface area contributed by atoms with E-state index in [4.69, 9.17) is 4.74 Å². The number of ether oxygens (including phenoxy) is 1. The molecule has 8 heteroatoms. The highest BCUT2D eigenvalue weighted by molar-refractivity contribution is 7.89. The van der Waals surface area contributed by atoms with E-state index >= 15 is 0 Å². The Balaban J connectivity index is 1.96. The number of nitrogens with zero attached hydrogens (tertiary/aromatic N) is 2. The van der Waals surface area contributed by atoms with Crippen molar-refractivity contribution in [1.29, 1.82) is 0 Å². The lowest BCUT2D eigenvalue weighted by atomic mass is 10.0. The number of halogens is 2. The number of pyridine rings is 1. The predicted molar refractivity (Wildman–Crippen MR) is 101 cm³/mol. The molecule has 28 heavy (non-hydrogen) atoms. The Bertz CT molecular complexity index is 1090. The Kier molecular flexibility index (Phi) is 5.71. The average molecular weight is 404 g/mol. The van der Waals surface area contributed by atoms with Crippen molar-refractivity contribution in [2.75, 3.05) is 14.2 Å². The Morgan fingerprint density at radius 1 is 1.04 bits per heavy atom. The first-order valence-electron chi connectivity index (χ1n) is 8.32. The van der Waals surface area contributed by atoms with E-state index in [0.717, 1.165) is 12.1 Å². The molecule has 3 aromatic rings. The van der Waals surface area contributed by atoms with Crippen LogP contribution in [0, 0.1) is 11.6 Å². The van der Waals surface area contributed by atoms with Gasteiger partial charge in [0.05, 0.1) is 24.2 Å². The third-order valence-electron chi connectivity index (χ3n) is 4.21. The van der Waals surface area contributed by atoms with Crippen LogP contribution in [-0.4, -0.2) is 31.9 Å². The zero-order valence-corrected chi connectivity index (χ0v) is 16.1. The Morgan fingerprint density at radius 2 is 1.79 bits per heavy atom. The third kappa shape index (κ3) is 4.02. The van der Waals surface area contributed by atoms with Gasteiger partial charge in [0.25, 0.3) is 0 Å². The largest absolute Gasteiger partial charge is 0.496 e. The Labute approximate surface area is 162 Å². The van der Waals surface area contributed by atoms with E-state index in [9.17, 15) is 17.2 Å². The first-order valence-corrected chi connectivity index (χ1v) is 9.76. The summed E-state index contributed by atoms with van der Waals surface area (Å²) >= 11 is 0. The highest BCUT2D eigenvalue weighted by atomic mass is 32.2. The van der Waals surface area contributed by atoms with Crippen LogP contribution in [-0.2, 0) is 16.6 Å². The molecule has 0 radical (unpaired) electrons. The van der Waals surface area contributed by atoms with E-state index in [1.54, 1.807) is 24.4 Å². The van der Waals surface area contributed by atoms with Gasteiger partial charge in [0.15, 0.2) is 0 Å². The molecule has 5 nitrogen and oxygen atoms in total. The van der Waals surface area contributed by atoms with E-state index < -0.39 is 21.7 Å². The second kappa shape index (κ2) is 8.04. The van der Waals surface area contributed by atoms with Gasteiger partial charge in [-0.3, -0.25) is 4.98 Å². The van der Waals surface area contributed by atoms with Crippen LogP contribution >= 0.6 is 0 Å². The molecule has 0 bridgehead atoms. The molecular formula is C20H18F2N2O3S. The lowest BCUT2D eigenvalue weighted by Crippen LogP contribution is -2.26. The van der Waals surface area contributed by atoms with Crippen LogP contribution in [0.2, 0.25) is 0 Å². The summed E-state index contributed by atoms with van der Waals surface area (Å²) < 4.78 is 59.5. The molecule has 0 saturated carbocycles. The molecule has 0 aliphatic rings. The molecule has 0 aliphatic heterocycles. The summed E-state index contributed by atoms with van der Waals surface area (Å²) in [5.74, 6) is -1.30. The van der Waals surface area contributed by atoms with Gasteiger partial charge in [-0.05, 0) is 36.4 Å². The highest BCUT2D eigenvalue weighted by Gasteiger charge is 2.23. The quantitative estimate of drug-likeness (QED) is 0.626. The predicted octanol–water partition coefficient (Wildman–Crippen LogP) is 3.86. The maximum absolute atomic E-state index is 14.1. The van der Waals surface area contributed by atoms with E-state index in [1.807, 2.05) is 0 Å². The fraction of sp³-hybridized carbons (Fsp3) is 0.150. The van der Waals surface area contributed by atoms with E-state index in [2.05, 4.69) is 4.98 Å². The number of hydrogen-bond donors (Lipinski definition) is 0. The van der Waals surface area contributed by atoms with E-state index in [0.29, 0.717) is 11.3 Å². The zero-order chi connectivity index (χ0) is 20.3. The minimum absolute atomic E-state index is 0.00551. The molecule has 0 fully saturated rings. The van der Waals surface area contributed by atoms with Crippen molar-refractivity contribution < 1.29 is 21.9 Å². The molecule has 0 spiro atoms. The molecule has 0 aliphatic carbocycles. The first kappa shape index (κ1) is 19.9. The van der Waals surface area contributed by atoms with Gasteiger partial charge in [0.2, 0.25) is 10.0 Å². The number of sulfonamides is 1. The summed E-state index contributed by atoms with van der Waals surface area (Å²) in [6.07, 6.45) is 1.59. The molecule has 1 heterocycles. The fourth-order valence-corrected chi connectivity index (χ4v) is 3.91. The summed E-state index contributed by atoms with van der Waals surface area (Å²) in [5, 5.41) is 0. The summed E-state index contributed by atoms with van der Waals surface area (Å²) in [5.41, 5.74) is 1.04. The normalized spacial score (nSPS) is 11.6. The van der Waals surface area contributed by atoms with Gasteiger partial charge in [0.1, 0.15) is 17.4 Å². The maximum Gasteiger partial charge on any atom is 0.243 e. The van der Waals surface area contributed by atoms with Crippen LogP contribution in [0.25, 0.3) is 11.1 Å². The first-order chi connectivity index (χ1) is 13.3. The summed E-state index contributed by atoms with van der Waals surface area (Å²) in [6.45, 7) is 0.0971. The number of hydrogen-bond acceptors (Lipinski definition) is 4. The number of benzene rings is 2. The van der Waals surface area contributed by atoms with Gasteiger partial charge < -0.3 is 4.74 Å². The summed E-state index contributed by atoms with van der Waals surface area (Å²) in [6, 6.07) is 12.6. The smallest absolute Gasteiger partial charge is 0.243 e. The summed E-state index contributed by atoms with van der Waals surface area (Å²) in [4.78, 5) is 4.12. The molecule has 1 aromatic heterocycles.